The number of hydrogen-bond acceptors (Lipinski definition) is 3. The quantitative estimate of drug-likeness (QED) is 0.273. The van der Waals surface area contributed by atoms with Gasteiger partial charge in [0.05, 0.1) is 0 Å². The lowest BCUT2D eigenvalue weighted by Crippen LogP contribution is -2.17. The van der Waals surface area contributed by atoms with Gasteiger partial charge in [0.25, 0.3) is 0 Å². The van der Waals surface area contributed by atoms with E-state index in [0.29, 0.717) is 12.0 Å². The Labute approximate surface area is 45.9 Å². The summed E-state index contributed by atoms with van der Waals surface area (Å²) >= 11 is 0. The Morgan fingerprint density at radius 1 is 1.62 bits per heavy atom. The summed E-state index contributed by atoms with van der Waals surface area (Å²) in [6.45, 7) is 0. The zero-order valence-electron chi connectivity index (χ0n) is 4.09. The van der Waals surface area contributed by atoms with Crippen LogP contribution in [0.1, 0.15) is 6.42 Å². The number of aldehydes is 1. The van der Waals surface area contributed by atoms with Gasteiger partial charge in [-0.3, -0.25) is 9.59 Å². The number of cyclic esters (lactones) is 1. The normalized spacial score (nSPS) is 22.0. The highest BCUT2D eigenvalue weighted by atomic mass is 16.6. The highest BCUT2D eigenvalue weighted by molar-refractivity contribution is 5.82. The molecule has 1 heterocycles. The van der Waals surface area contributed by atoms with Crippen molar-refractivity contribution in [3.8, 4) is 0 Å². The number of carbonyl (C=O) groups is 2. The molecule has 0 spiro atoms. The van der Waals surface area contributed by atoms with E-state index in [1.165, 1.54) is 6.08 Å². The van der Waals surface area contributed by atoms with Gasteiger partial charge in [-0.15, -0.1) is 0 Å². The average molecular weight is 112 g/mol. The van der Waals surface area contributed by atoms with E-state index in [1.807, 2.05) is 0 Å². The van der Waals surface area contributed by atoms with Gasteiger partial charge in [-0.2, -0.15) is 0 Å². The maximum absolute atomic E-state index is 10.0. The second-order valence-corrected chi connectivity index (χ2v) is 1.42. The van der Waals surface area contributed by atoms with Crippen LogP contribution in [0.15, 0.2) is 11.8 Å². The minimum atomic E-state index is -0.266. The molecule has 1 fully saturated rings. The van der Waals surface area contributed by atoms with Crippen LogP contribution in [0, 0.1) is 0 Å². The number of rotatable bonds is 1. The molecular weight excluding hydrogens is 108 g/mol. The van der Waals surface area contributed by atoms with E-state index in [2.05, 4.69) is 4.74 Å². The molecule has 8 heavy (non-hydrogen) atoms. The molecule has 0 atom stereocenters. The largest absolute Gasteiger partial charge is 0.430 e. The summed E-state index contributed by atoms with van der Waals surface area (Å²) in [6, 6.07) is 0. The van der Waals surface area contributed by atoms with Crippen molar-refractivity contribution in [1.82, 2.24) is 0 Å². The molecule has 0 N–H and O–H groups in total. The summed E-state index contributed by atoms with van der Waals surface area (Å²) in [4.78, 5) is 19.7. The molecule has 0 saturated carbocycles. The molecule has 0 aromatic rings. The fourth-order valence-corrected chi connectivity index (χ4v) is 0.449. The van der Waals surface area contributed by atoms with Gasteiger partial charge in [0.1, 0.15) is 18.5 Å². The Hall–Kier alpha value is -1.12. The van der Waals surface area contributed by atoms with E-state index in [0.717, 1.165) is 0 Å². The molecule has 0 amide bonds. The summed E-state index contributed by atoms with van der Waals surface area (Å²) in [5, 5.41) is 0. The van der Waals surface area contributed by atoms with Crippen LogP contribution in [-0.4, -0.2) is 12.3 Å². The maximum Gasteiger partial charge on any atom is 0.318 e. The molecule has 0 aliphatic carbocycles. The molecule has 1 saturated heterocycles. The minimum Gasteiger partial charge on any atom is -0.430 e. The van der Waals surface area contributed by atoms with Crippen molar-refractivity contribution >= 4 is 12.3 Å². The first-order valence-corrected chi connectivity index (χ1v) is 2.18. The summed E-state index contributed by atoms with van der Waals surface area (Å²) < 4.78 is 4.37. The number of esters is 1. The average Bonchev–Trinajstić information content (AvgIpc) is 1.64. The topological polar surface area (TPSA) is 43.4 Å². The van der Waals surface area contributed by atoms with E-state index in [1.54, 1.807) is 0 Å². The van der Waals surface area contributed by atoms with Crippen molar-refractivity contribution in [3.05, 3.63) is 11.8 Å². The first-order valence-electron chi connectivity index (χ1n) is 2.18. The highest BCUT2D eigenvalue weighted by Crippen LogP contribution is 2.15. The first-order chi connectivity index (χ1) is 3.83. The van der Waals surface area contributed by atoms with Crippen LogP contribution in [0.4, 0.5) is 0 Å². The molecule has 3 heteroatoms. The van der Waals surface area contributed by atoms with Crippen LogP contribution >= 0.6 is 0 Å². The van der Waals surface area contributed by atoms with Gasteiger partial charge in [-0.25, -0.2) is 0 Å². The van der Waals surface area contributed by atoms with E-state index in [-0.39, 0.29) is 12.4 Å². The van der Waals surface area contributed by atoms with Gasteiger partial charge in [0.15, 0.2) is 0 Å². The number of hydrogen-bond donors (Lipinski definition) is 0. The number of ether oxygens (including phenoxy) is 1. The van der Waals surface area contributed by atoms with Crippen LogP contribution in [0.3, 0.4) is 0 Å². The lowest BCUT2D eigenvalue weighted by molar-refractivity contribution is -0.148. The van der Waals surface area contributed by atoms with Crippen LogP contribution in [-0.2, 0) is 14.3 Å². The molecule has 3 nitrogen and oxygen atoms in total. The van der Waals surface area contributed by atoms with Gasteiger partial charge < -0.3 is 4.74 Å². The zero-order chi connectivity index (χ0) is 5.98. The molecule has 1 rings (SSSR count). The summed E-state index contributed by atoms with van der Waals surface area (Å²) in [5.74, 6) is 0.197. The third-order valence-corrected chi connectivity index (χ3v) is 0.817. The monoisotopic (exact) mass is 112 g/mol. The van der Waals surface area contributed by atoms with Crippen LogP contribution in [0.25, 0.3) is 0 Å². The third-order valence-electron chi connectivity index (χ3n) is 0.817. The fourth-order valence-electron chi connectivity index (χ4n) is 0.449. The van der Waals surface area contributed by atoms with Crippen molar-refractivity contribution in [3.63, 3.8) is 0 Å². The Kier molecular flexibility index (Phi) is 1.12. The minimum absolute atomic E-state index is 0.266. The summed E-state index contributed by atoms with van der Waals surface area (Å²) in [5.41, 5.74) is 0. The Balaban J connectivity index is 2.44. The van der Waals surface area contributed by atoms with Crippen molar-refractivity contribution in [2.75, 3.05) is 0 Å². The Morgan fingerprint density at radius 2 is 2.25 bits per heavy atom. The van der Waals surface area contributed by atoms with Gasteiger partial charge in [-0.1, -0.05) is 0 Å². The van der Waals surface area contributed by atoms with Gasteiger partial charge >= 0.3 is 5.97 Å². The molecule has 0 unspecified atom stereocenters. The predicted molar refractivity (Wildman–Crippen MR) is 24.9 cm³/mol. The van der Waals surface area contributed by atoms with Crippen LogP contribution in [0.5, 0.6) is 0 Å². The molecule has 0 aromatic heterocycles. The van der Waals surface area contributed by atoms with Crippen molar-refractivity contribution < 1.29 is 14.3 Å². The van der Waals surface area contributed by atoms with Gasteiger partial charge in [0.2, 0.25) is 0 Å². The molecule has 1 aliphatic heterocycles. The molecule has 1 aliphatic rings. The second kappa shape index (κ2) is 1.78. The van der Waals surface area contributed by atoms with Crippen molar-refractivity contribution in [1.29, 1.82) is 0 Å². The van der Waals surface area contributed by atoms with Crippen molar-refractivity contribution in [2.24, 2.45) is 0 Å². The number of carbonyl (C=O) groups excluding carboxylic acids is 2. The predicted octanol–water partition coefficient (Wildman–Crippen LogP) is 0.0161. The molecular formula is C5H4O3. The third kappa shape index (κ3) is 0.753. The van der Waals surface area contributed by atoms with Gasteiger partial charge in [-0.05, 0) is 0 Å². The highest BCUT2D eigenvalue weighted by Gasteiger charge is 2.20. The van der Waals surface area contributed by atoms with Crippen LogP contribution in [0.2, 0.25) is 0 Å². The van der Waals surface area contributed by atoms with Crippen LogP contribution < -0.4 is 0 Å². The lowest BCUT2D eigenvalue weighted by atomic mass is 10.3. The molecule has 42 valence electrons. The van der Waals surface area contributed by atoms with E-state index in [4.69, 9.17) is 0 Å². The smallest absolute Gasteiger partial charge is 0.318 e. The zero-order valence-corrected chi connectivity index (χ0v) is 4.09. The Bertz CT molecular complexity index is 147. The van der Waals surface area contributed by atoms with E-state index >= 15 is 0 Å². The fraction of sp³-hybridized carbons (Fsp3) is 0.200. The molecule has 0 bridgehead atoms. The lowest BCUT2D eigenvalue weighted by Gasteiger charge is -2.13. The second-order valence-electron chi connectivity index (χ2n) is 1.42. The van der Waals surface area contributed by atoms with E-state index in [9.17, 15) is 9.59 Å². The standard InChI is InChI=1S/C5H4O3/c6-2-1-4-3-5(7)8-4/h1-2H,3H2. The Morgan fingerprint density at radius 3 is 2.62 bits per heavy atom. The SMILES string of the molecule is O=CC=C1CC(=O)O1. The maximum atomic E-state index is 10.0. The van der Waals surface area contributed by atoms with E-state index < -0.39 is 0 Å². The molecule has 0 aromatic carbocycles. The summed E-state index contributed by atoms with van der Waals surface area (Å²) in [7, 11) is 0. The summed E-state index contributed by atoms with van der Waals surface area (Å²) in [6.07, 6.45) is 2.11. The molecule has 0 radical (unpaired) electrons. The first kappa shape index (κ1) is 5.03. The number of allylic oxidation sites excluding steroid dienone is 1. The van der Waals surface area contributed by atoms with Gasteiger partial charge in [0, 0.05) is 6.08 Å². The van der Waals surface area contributed by atoms with Crippen molar-refractivity contribution in [2.45, 2.75) is 6.42 Å².